The standard InChI is InChI=1S/C13H14BrFN2O2S/c14-8-2-1-3-9(15)10(8)17-12(18)13(11(16)20)4-6-19-7-5-13/h1-3H,4-7H2,(H2,16,20)(H,17,18). The zero-order chi connectivity index (χ0) is 14.8. The SMILES string of the molecule is NC(=S)C1(C(=O)Nc2c(F)cccc2Br)CCOCC1. The second-order valence-corrected chi connectivity index (χ2v) is 5.90. The fourth-order valence-corrected chi connectivity index (χ4v) is 2.89. The van der Waals surface area contributed by atoms with Crippen LogP contribution < -0.4 is 11.1 Å². The van der Waals surface area contributed by atoms with Gasteiger partial charge in [0.25, 0.3) is 0 Å². The van der Waals surface area contributed by atoms with Gasteiger partial charge < -0.3 is 15.8 Å². The van der Waals surface area contributed by atoms with Crippen LogP contribution in [0.3, 0.4) is 0 Å². The summed E-state index contributed by atoms with van der Waals surface area (Å²) < 4.78 is 19.5. The largest absolute Gasteiger partial charge is 0.392 e. The lowest BCUT2D eigenvalue weighted by Gasteiger charge is -2.34. The molecule has 0 aliphatic carbocycles. The van der Waals surface area contributed by atoms with E-state index >= 15 is 0 Å². The maximum absolute atomic E-state index is 13.8. The van der Waals surface area contributed by atoms with Gasteiger partial charge in [-0.2, -0.15) is 0 Å². The van der Waals surface area contributed by atoms with Crippen molar-refractivity contribution in [3.05, 3.63) is 28.5 Å². The van der Waals surface area contributed by atoms with Crippen molar-refractivity contribution in [2.75, 3.05) is 18.5 Å². The van der Waals surface area contributed by atoms with Gasteiger partial charge in [-0.1, -0.05) is 18.3 Å². The molecule has 20 heavy (non-hydrogen) atoms. The zero-order valence-corrected chi connectivity index (χ0v) is 13.0. The predicted octanol–water partition coefficient (Wildman–Crippen LogP) is 2.61. The van der Waals surface area contributed by atoms with E-state index < -0.39 is 11.2 Å². The molecular formula is C13H14BrFN2O2S. The lowest BCUT2D eigenvalue weighted by Crippen LogP contribution is -2.49. The van der Waals surface area contributed by atoms with Crippen LogP contribution in [0.4, 0.5) is 10.1 Å². The fourth-order valence-electron chi connectivity index (χ4n) is 2.16. The number of para-hydroxylation sites is 1. The first-order chi connectivity index (χ1) is 9.47. The summed E-state index contributed by atoms with van der Waals surface area (Å²) in [6.07, 6.45) is 0.806. The van der Waals surface area contributed by atoms with Crippen molar-refractivity contribution in [1.29, 1.82) is 0 Å². The Bertz CT molecular complexity index is 527. The van der Waals surface area contributed by atoms with E-state index in [0.717, 1.165) is 0 Å². The Labute approximate surface area is 130 Å². The van der Waals surface area contributed by atoms with Crippen molar-refractivity contribution in [3.8, 4) is 0 Å². The third-order valence-electron chi connectivity index (χ3n) is 3.45. The molecule has 1 aromatic rings. The molecular weight excluding hydrogens is 347 g/mol. The molecule has 1 aliphatic rings. The Morgan fingerprint density at radius 1 is 1.45 bits per heavy atom. The van der Waals surface area contributed by atoms with Gasteiger partial charge in [0.2, 0.25) is 5.91 Å². The molecule has 1 aromatic carbocycles. The number of ether oxygens (including phenoxy) is 1. The first-order valence-electron chi connectivity index (χ1n) is 6.10. The maximum atomic E-state index is 13.8. The highest BCUT2D eigenvalue weighted by Gasteiger charge is 2.43. The summed E-state index contributed by atoms with van der Waals surface area (Å²) in [4.78, 5) is 12.6. The number of anilines is 1. The number of carbonyl (C=O) groups excluding carboxylic acids is 1. The number of benzene rings is 1. The van der Waals surface area contributed by atoms with E-state index in [-0.39, 0.29) is 16.6 Å². The van der Waals surface area contributed by atoms with E-state index in [9.17, 15) is 9.18 Å². The van der Waals surface area contributed by atoms with Crippen LogP contribution in [-0.4, -0.2) is 24.1 Å². The van der Waals surface area contributed by atoms with E-state index in [2.05, 4.69) is 21.2 Å². The van der Waals surface area contributed by atoms with Crippen LogP contribution in [-0.2, 0) is 9.53 Å². The van der Waals surface area contributed by atoms with Crippen molar-refractivity contribution >= 4 is 44.7 Å². The van der Waals surface area contributed by atoms with Crippen molar-refractivity contribution in [3.63, 3.8) is 0 Å². The van der Waals surface area contributed by atoms with E-state index in [1.54, 1.807) is 12.1 Å². The third-order valence-corrected chi connectivity index (χ3v) is 4.51. The maximum Gasteiger partial charge on any atom is 0.237 e. The molecule has 0 aromatic heterocycles. The molecule has 1 heterocycles. The van der Waals surface area contributed by atoms with Crippen molar-refractivity contribution in [2.24, 2.45) is 11.1 Å². The lowest BCUT2D eigenvalue weighted by atomic mass is 9.79. The summed E-state index contributed by atoms with van der Waals surface area (Å²) in [7, 11) is 0. The Morgan fingerprint density at radius 3 is 2.65 bits per heavy atom. The van der Waals surface area contributed by atoms with Crippen molar-refractivity contribution < 1.29 is 13.9 Å². The zero-order valence-electron chi connectivity index (χ0n) is 10.6. The molecule has 0 radical (unpaired) electrons. The molecule has 1 aliphatic heterocycles. The van der Waals surface area contributed by atoms with E-state index in [1.807, 2.05) is 0 Å². The summed E-state index contributed by atoms with van der Waals surface area (Å²) in [5.41, 5.74) is 4.86. The van der Waals surface area contributed by atoms with Crippen LogP contribution >= 0.6 is 28.1 Å². The van der Waals surface area contributed by atoms with Crippen LogP contribution in [0.1, 0.15) is 12.8 Å². The number of hydrogen-bond acceptors (Lipinski definition) is 3. The molecule has 1 fully saturated rings. The van der Waals surface area contributed by atoms with Gasteiger partial charge in [-0.15, -0.1) is 0 Å². The first-order valence-corrected chi connectivity index (χ1v) is 7.30. The number of carbonyl (C=O) groups is 1. The molecule has 108 valence electrons. The van der Waals surface area contributed by atoms with Gasteiger partial charge in [0.15, 0.2) is 0 Å². The highest BCUT2D eigenvalue weighted by molar-refractivity contribution is 9.10. The van der Waals surface area contributed by atoms with Crippen LogP contribution in [0.5, 0.6) is 0 Å². The number of nitrogens with one attached hydrogen (secondary N) is 1. The number of hydrogen-bond donors (Lipinski definition) is 2. The molecule has 0 bridgehead atoms. The average Bonchev–Trinajstić information content (AvgIpc) is 2.43. The van der Waals surface area contributed by atoms with Gasteiger partial charge in [-0.3, -0.25) is 4.79 Å². The van der Waals surface area contributed by atoms with Crippen molar-refractivity contribution in [1.82, 2.24) is 0 Å². The van der Waals surface area contributed by atoms with Gasteiger partial charge >= 0.3 is 0 Å². The summed E-state index contributed by atoms with van der Waals surface area (Å²) in [5, 5.41) is 2.59. The summed E-state index contributed by atoms with van der Waals surface area (Å²) in [5.74, 6) is -0.906. The number of thiocarbonyl (C=S) groups is 1. The van der Waals surface area contributed by atoms with Crippen LogP contribution in [0.2, 0.25) is 0 Å². The Kier molecular flexibility index (Phi) is 4.72. The minimum Gasteiger partial charge on any atom is -0.392 e. The molecule has 7 heteroatoms. The van der Waals surface area contributed by atoms with Gasteiger partial charge in [-0.05, 0) is 40.9 Å². The van der Waals surface area contributed by atoms with Gasteiger partial charge in [-0.25, -0.2) is 4.39 Å². The number of halogens is 2. The molecule has 4 nitrogen and oxygen atoms in total. The second kappa shape index (κ2) is 6.15. The number of rotatable bonds is 3. The van der Waals surface area contributed by atoms with Gasteiger partial charge in [0, 0.05) is 17.7 Å². The third kappa shape index (κ3) is 2.84. The highest BCUT2D eigenvalue weighted by Crippen LogP contribution is 2.34. The molecule has 0 unspecified atom stereocenters. The van der Waals surface area contributed by atoms with E-state index in [1.165, 1.54) is 6.07 Å². The summed E-state index contributed by atoms with van der Waals surface area (Å²) in [6, 6.07) is 4.47. The molecule has 0 atom stereocenters. The predicted molar refractivity (Wildman–Crippen MR) is 82.0 cm³/mol. The minimum absolute atomic E-state index is 0.0969. The van der Waals surface area contributed by atoms with E-state index in [0.29, 0.717) is 30.5 Å². The summed E-state index contributed by atoms with van der Waals surface area (Å²) in [6.45, 7) is 0.812. The molecule has 3 N–H and O–H groups in total. The first kappa shape index (κ1) is 15.3. The number of nitrogens with two attached hydrogens (primary N) is 1. The summed E-state index contributed by atoms with van der Waals surface area (Å²) >= 11 is 8.25. The molecule has 0 saturated carbocycles. The van der Waals surface area contributed by atoms with Gasteiger partial charge in [0.05, 0.1) is 10.7 Å². The lowest BCUT2D eigenvalue weighted by molar-refractivity contribution is -0.126. The monoisotopic (exact) mass is 360 g/mol. The normalized spacial score (nSPS) is 17.5. The fraction of sp³-hybridized carbons (Fsp3) is 0.385. The number of amides is 1. The topological polar surface area (TPSA) is 64.4 Å². The molecule has 1 saturated heterocycles. The quantitative estimate of drug-likeness (QED) is 0.813. The highest BCUT2D eigenvalue weighted by atomic mass is 79.9. The van der Waals surface area contributed by atoms with E-state index in [4.69, 9.17) is 22.7 Å². The Balaban J connectivity index is 2.28. The Hall–Kier alpha value is -1.05. The smallest absolute Gasteiger partial charge is 0.237 e. The molecule has 1 amide bonds. The average molecular weight is 361 g/mol. The van der Waals surface area contributed by atoms with Crippen LogP contribution in [0, 0.1) is 11.2 Å². The Morgan fingerprint density at radius 2 is 2.10 bits per heavy atom. The van der Waals surface area contributed by atoms with Crippen molar-refractivity contribution in [2.45, 2.75) is 12.8 Å². The minimum atomic E-state index is -0.977. The van der Waals surface area contributed by atoms with Crippen LogP contribution in [0.15, 0.2) is 22.7 Å². The molecule has 0 spiro atoms. The molecule has 2 rings (SSSR count). The van der Waals surface area contributed by atoms with Gasteiger partial charge in [0.1, 0.15) is 11.2 Å². The van der Waals surface area contributed by atoms with Crippen LogP contribution in [0.25, 0.3) is 0 Å². The second-order valence-electron chi connectivity index (χ2n) is 4.61.